The standard InChI is InChI=1S/C12H12N4OS/c1-17-10-5-3-2-4-8(10)16-11-7-14-9(6-15-11)12(13)18/h2-7H,1H3,(H2,13,18)(H,15,16). The van der Waals surface area contributed by atoms with Gasteiger partial charge in [-0.1, -0.05) is 24.4 Å². The predicted octanol–water partition coefficient (Wildman–Crippen LogP) is 1.86. The van der Waals surface area contributed by atoms with Crippen LogP contribution in [0.15, 0.2) is 36.7 Å². The van der Waals surface area contributed by atoms with Crippen LogP contribution in [0, 0.1) is 0 Å². The minimum Gasteiger partial charge on any atom is -0.495 e. The Labute approximate surface area is 110 Å². The summed E-state index contributed by atoms with van der Waals surface area (Å²) in [5.41, 5.74) is 6.76. The third kappa shape index (κ3) is 2.72. The summed E-state index contributed by atoms with van der Waals surface area (Å²) < 4.78 is 5.23. The van der Waals surface area contributed by atoms with Gasteiger partial charge in [-0.25, -0.2) is 9.97 Å². The van der Waals surface area contributed by atoms with Crippen molar-refractivity contribution >= 4 is 28.7 Å². The minimum atomic E-state index is 0.228. The molecular formula is C12H12N4OS. The molecule has 18 heavy (non-hydrogen) atoms. The van der Waals surface area contributed by atoms with Crippen molar-refractivity contribution in [3.8, 4) is 5.75 Å². The van der Waals surface area contributed by atoms with E-state index in [0.29, 0.717) is 11.5 Å². The average molecular weight is 260 g/mol. The number of aromatic nitrogens is 2. The molecule has 5 nitrogen and oxygen atoms in total. The minimum absolute atomic E-state index is 0.228. The first-order valence-electron chi connectivity index (χ1n) is 5.22. The van der Waals surface area contributed by atoms with Crippen molar-refractivity contribution < 1.29 is 4.74 Å². The van der Waals surface area contributed by atoms with E-state index in [1.54, 1.807) is 13.3 Å². The van der Waals surface area contributed by atoms with E-state index in [0.717, 1.165) is 11.4 Å². The molecule has 0 saturated carbocycles. The molecule has 6 heteroatoms. The van der Waals surface area contributed by atoms with E-state index in [4.69, 9.17) is 22.7 Å². The molecule has 0 fully saturated rings. The summed E-state index contributed by atoms with van der Waals surface area (Å²) in [4.78, 5) is 8.50. The molecule has 0 radical (unpaired) electrons. The second-order valence-electron chi connectivity index (χ2n) is 3.48. The van der Waals surface area contributed by atoms with E-state index in [9.17, 15) is 0 Å². The smallest absolute Gasteiger partial charge is 0.149 e. The Morgan fingerprint density at radius 3 is 2.67 bits per heavy atom. The van der Waals surface area contributed by atoms with Gasteiger partial charge < -0.3 is 15.8 Å². The molecule has 0 aliphatic rings. The van der Waals surface area contributed by atoms with E-state index >= 15 is 0 Å². The first-order valence-corrected chi connectivity index (χ1v) is 5.63. The Hall–Kier alpha value is -2.21. The highest BCUT2D eigenvalue weighted by Gasteiger charge is 2.04. The summed E-state index contributed by atoms with van der Waals surface area (Å²) >= 11 is 4.81. The number of rotatable bonds is 4. The van der Waals surface area contributed by atoms with Gasteiger partial charge in [-0.15, -0.1) is 0 Å². The highest BCUT2D eigenvalue weighted by molar-refractivity contribution is 7.80. The highest BCUT2D eigenvalue weighted by Crippen LogP contribution is 2.25. The van der Waals surface area contributed by atoms with Gasteiger partial charge in [0.15, 0.2) is 0 Å². The van der Waals surface area contributed by atoms with Gasteiger partial charge in [0.25, 0.3) is 0 Å². The molecule has 0 unspecified atom stereocenters. The molecule has 0 spiro atoms. The van der Waals surface area contributed by atoms with Crippen LogP contribution in [-0.2, 0) is 0 Å². The maximum absolute atomic E-state index is 5.45. The normalized spacial score (nSPS) is 9.83. The Morgan fingerprint density at radius 2 is 2.06 bits per heavy atom. The average Bonchev–Trinajstić information content (AvgIpc) is 2.40. The topological polar surface area (TPSA) is 73.1 Å². The summed E-state index contributed by atoms with van der Waals surface area (Å²) in [6, 6.07) is 7.55. The maximum atomic E-state index is 5.45. The van der Waals surface area contributed by atoms with Crippen LogP contribution in [0.2, 0.25) is 0 Å². The zero-order valence-corrected chi connectivity index (χ0v) is 10.6. The van der Waals surface area contributed by atoms with Crippen LogP contribution >= 0.6 is 12.2 Å². The Bertz CT molecular complexity index is 556. The van der Waals surface area contributed by atoms with Gasteiger partial charge in [0.05, 0.1) is 25.2 Å². The number of para-hydroxylation sites is 2. The molecule has 1 aromatic heterocycles. The van der Waals surface area contributed by atoms with Gasteiger partial charge in [0.2, 0.25) is 0 Å². The number of benzene rings is 1. The van der Waals surface area contributed by atoms with E-state index < -0.39 is 0 Å². The number of ether oxygens (including phenoxy) is 1. The fourth-order valence-corrected chi connectivity index (χ4v) is 1.51. The molecule has 0 amide bonds. The Kier molecular flexibility index (Phi) is 3.69. The molecule has 0 atom stereocenters. The second kappa shape index (κ2) is 5.42. The second-order valence-corrected chi connectivity index (χ2v) is 3.92. The number of hydrogen-bond donors (Lipinski definition) is 2. The fraction of sp³-hybridized carbons (Fsp3) is 0.0833. The lowest BCUT2D eigenvalue weighted by Crippen LogP contribution is -2.12. The van der Waals surface area contributed by atoms with Gasteiger partial charge >= 0.3 is 0 Å². The van der Waals surface area contributed by atoms with Gasteiger partial charge in [-0.2, -0.15) is 0 Å². The largest absolute Gasteiger partial charge is 0.495 e. The number of nitrogens with zero attached hydrogens (tertiary/aromatic N) is 2. The molecule has 92 valence electrons. The molecule has 0 bridgehead atoms. The van der Waals surface area contributed by atoms with Gasteiger partial charge in [0, 0.05) is 0 Å². The fourth-order valence-electron chi connectivity index (χ4n) is 1.41. The summed E-state index contributed by atoms with van der Waals surface area (Å²) in [5.74, 6) is 1.33. The molecule has 1 aromatic carbocycles. The van der Waals surface area contributed by atoms with Crippen LogP contribution in [0.5, 0.6) is 5.75 Å². The molecule has 2 aromatic rings. The number of hydrogen-bond acceptors (Lipinski definition) is 5. The van der Waals surface area contributed by atoms with Crippen molar-refractivity contribution in [1.29, 1.82) is 0 Å². The van der Waals surface area contributed by atoms with Crippen molar-refractivity contribution in [2.75, 3.05) is 12.4 Å². The number of thiocarbonyl (C=S) groups is 1. The van der Waals surface area contributed by atoms with Crippen molar-refractivity contribution in [2.24, 2.45) is 5.73 Å². The Balaban J connectivity index is 2.21. The van der Waals surface area contributed by atoms with E-state index in [1.807, 2.05) is 24.3 Å². The SMILES string of the molecule is COc1ccccc1Nc1cnc(C(N)=S)cn1. The van der Waals surface area contributed by atoms with Crippen LogP contribution < -0.4 is 15.8 Å². The lowest BCUT2D eigenvalue weighted by Gasteiger charge is -2.09. The third-order valence-electron chi connectivity index (χ3n) is 2.27. The monoisotopic (exact) mass is 260 g/mol. The summed E-state index contributed by atoms with van der Waals surface area (Å²) in [6.07, 6.45) is 3.10. The van der Waals surface area contributed by atoms with Crippen molar-refractivity contribution in [1.82, 2.24) is 9.97 Å². The van der Waals surface area contributed by atoms with Crippen LogP contribution in [0.3, 0.4) is 0 Å². The highest BCUT2D eigenvalue weighted by atomic mass is 32.1. The van der Waals surface area contributed by atoms with E-state index in [1.165, 1.54) is 6.20 Å². The van der Waals surface area contributed by atoms with Gasteiger partial charge in [-0.3, -0.25) is 0 Å². The molecule has 0 aliphatic carbocycles. The Morgan fingerprint density at radius 1 is 1.28 bits per heavy atom. The first-order chi connectivity index (χ1) is 8.70. The first kappa shape index (κ1) is 12.3. The predicted molar refractivity (Wildman–Crippen MR) is 74.2 cm³/mol. The molecule has 1 heterocycles. The molecule has 2 rings (SSSR count). The summed E-state index contributed by atoms with van der Waals surface area (Å²) in [7, 11) is 1.61. The van der Waals surface area contributed by atoms with Crippen molar-refractivity contribution in [3.05, 3.63) is 42.4 Å². The molecule has 3 N–H and O–H groups in total. The molecule has 0 saturated heterocycles. The summed E-state index contributed by atoms with van der Waals surface area (Å²) in [5, 5.41) is 3.11. The van der Waals surface area contributed by atoms with Gasteiger partial charge in [-0.05, 0) is 12.1 Å². The lowest BCUT2D eigenvalue weighted by atomic mass is 10.3. The molecular weight excluding hydrogens is 248 g/mol. The zero-order valence-electron chi connectivity index (χ0n) is 9.75. The molecule has 0 aliphatic heterocycles. The lowest BCUT2D eigenvalue weighted by molar-refractivity contribution is 0.417. The van der Waals surface area contributed by atoms with E-state index in [-0.39, 0.29) is 4.99 Å². The van der Waals surface area contributed by atoms with Crippen LogP contribution in [0.1, 0.15) is 5.69 Å². The number of nitrogens with one attached hydrogen (secondary N) is 1. The van der Waals surface area contributed by atoms with Crippen LogP contribution in [0.4, 0.5) is 11.5 Å². The van der Waals surface area contributed by atoms with Crippen LogP contribution in [0.25, 0.3) is 0 Å². The van der Waals surface area contributed by atoms with Gasteiger partial charge in [0.1, 0.15) is 22.2 Å². The van der Waals surface area contributed by atoms with Crippen LogP contribution in [-0.4, -0.2) is 22.1 Å². The third-order valence-corrected chi connectivity index (χ3v) is 2.48. The maximum Gasteiger partial charge on any atom is 0.149 e. The summed E-state index contributed by atoms with van der Waals surface area (Å²) in [6.45, 7) is 0. The van der Waals surface area contributed by atoms with E-state index in [2.05, 4.69) is 15.3 Å². The number of nitrogens with two attached hydrogens (primary N) is 1. The van der Waals surface area contributed by atoms with Crippen molar-refractivity contribution in [3.63, 3.8) is 0 Å². The number of anilines is 2. The quantitative estimate of drug-likeness (QED) is 0.817. The number of methoxy groups -OCH3 is 1. The zero-order chi connectivity index (χ0) is 13.0. The van der Waals surface area contributed by atoms with Crippen molar-refractivity contribution in [2.45, 2.75) is 0 Å².